The van der Waals surface area contributed by atoms with Crippen LogP contribution in [0.3, 0.4) is 0 Å². The van der Waals surface area contributed by atoms with Crippen molar-refractivity contribution in [1.29, 1.82) is 0 Å². The van der Waals surface area contributed by atoms with Gasteiger partial charge < -0.3 is 14.9 Å². The molecule has 0 amide bonds. The molecule has 3 nitrogen and oxygen atoms in total. The van der Waals surface area contributed by atoms with E-state index in [1.54, 1.807) is 0 Å². The molecule has 0 aromatic rings. The maximum absolute atomic E-state index is 7.93. The molecular formula is C4H9O3. The van der Waals surface area contributed by atoms with E-state index in [9.17, 15) is 0 Å². The molecule has 0 saturated carbocycles. The molecule has 0 spiro atoms. The van der Waals surface area contributed by atoms with Crippen molar-refractivity contribution in [1.82, 2.24) is 0 Å². The minimum absolute atomic E-state index is 0.363. The van der Waals surface area contributed by atoms with Crippen LogP contribution in [-0.2, 0) is 4.74 Å². The van der Waals surface area contributed by atoms with Gasteiger partial charge in [0.15, 0.2) is 0 Å². The van der Waals surface area contributed by atoms with Crippen molar-refractivity contribution in [3.63, 3.8) is 0 Å². The van der Waals surface area contributed by atoms with Crippen LogP contribution in [0.25, 0.3) is 0 Å². The second-order valence-corrected chi connectivity index (χ2v) is 1.13. The molecule has 0 saturated heterocycles. The van der Waals surface area contributed by atoms with E-state index in [0.717, 1.165) is 6.42 Å². The first-order chi connectivity index (χ1) is 3.27. The smallest absolute Gasteiger partial charge is 0.337 e. The Morgan fingerprint density at radius 2 is 2.14 bits per heavy atom. The molecule has 0 aliphatic carbocycles. The summed E-state index contributed by atoms with van der Waals surface area (Å²) in [6.45, 7) is 1.30. The minimum Gasteiger partial charge on any atom is -0.337 e. The standard InChI is InChI=1S/C4H9O3/c1-2-3-7-4(5)6/h5-6H,2-3H2,1H3. The number of ether oxygens (including phenoxy) is 1. The summed E-state index contributed by atoms with van der Waals surface area (Å²) in [7, 11) is 0. The van der Waals surface area contributed by atoms with Crippen LogP contribution in [0.15, 0.2) is 0 Å². The lowest BCUT2D eigenvalue weighted by Crippen LogP contribution is -2.00. The van der Waals surface area contributed by atoms with E-state index in [1.807, 2.05) is 6.92 Å². The van der Waals surface area contributed by atoms with Gasteiger partial charge in [0.05, 0.1) is 6.61 Å². The molecule has 0 unspecified atom stereocenters. The van der Waals surface area contributed by atoms with Crippen molar-refractivity contribution in [2.24, 2.45) is 0 Å². The average molecular weight is 105 g/mol. The van der Waals surface area contributed by atoms with Crippen LogP contribution in [0, 0.1) is 6.48 Å². The Morgan fingerprint density at radius 1 is 1.57 bits per heavy atom. The van der Waals surface area contributed by atoms with E-state index >= 15 is 0 Å². The fraction of sp³-hybridized carbons (Fsp3) is 0.750. The highest BCUT2D eigenvalue weighted by Gasteiger charge is 1.94. The van der Waals surface area contributed by atoms with Crippen molar-refractivity contribution >= 4 is 0 Å². The summed E-state index contributed by atoms with van der Waals surface area (Å²) in [4.78, 5) is 0. The third kappa shape index (κ3) is 5.88. The summed E-state index contributed by atoms with van der Waals surface area (Å²) in [6, 6.07) is 0. The molecule has 7 heavy (non-hydrogen) atoms. The average Bonchev–Trinajstić information content (AvgIpc) is 1.61. The summed E-state index contributed by atoms with van der Waals surface area (Å²) in [5.74, 6) is 0. The van der Waals surface area contributed by atoms with Gasteiger partial charge in [0.1, 0.15) is 0 Å². The molecular weight excluding hydrogens is 96.0 g/mol. The van der Waals surface area contributed by atoms with Gasteiger partial charge in [-0.3, -0.25) is 0 Å². The molecule has 0 bridgehead atoms. The molecule has 0 rings (SSSR count). The maximum atomic E-state index is 7.93. The second kappa shape index (κ2) is 4.05. The first-order valence-electron chi connectivity index (χ1n) is 2.15. The summed E-state index contributed by atoms with van der Waals surface area (Å²) in [5.41, 5.74) is 0. The monoisotopic (exact) mass is 105 g/mol. The third-order valence-corrected chi connectivity index (χ3v) is 0.435. The van der Waals surface area contributed by atoms with Crippen molar-refractivity contribution in [3.05, 3.63) is 6.48 Å². The van der Waals surface area contributed by atoms with Gasteiger partial charge in [0.2, 0.25) is 0 Å². The molecule has 0 aromatic heterocycles. The van der Waals surface area contributed by atoms with E-state index in [4.69, 9.17) is 10.2 Å². The Bertz CT molecular complexity index is 35.9. The number of rotatable bonds is 3. The zero-order valence-electron chi connectivity index (χ0n) is 4.22. The number of hydrogen-bond acceptors (Lipinski definition) is 3. The van der Waals surface area contributed by atoms with Gasteiger partial charge in [-0.1, -0.05) is 6.92 Å². The van der Waals surface area contributed by atoms with Crippen LogP contribution in [0.2, 0.25) is 0 Å². The van der Waals surface area contributed by atoms with Crippen molar-refractivity contribution in [2.45, 2.75) is 13.3 Å². The maximum Gasteiger partial charge on any atom is 0.364 e. The predicted octanol–water partition coefficient (Wildman–Crippen LogP) is 0.605. The van der Waals surface area contributed by atoms with Crippen molar-refractivity contribution in [2.75, 3.05) is 6.61 Å². The first-order valence-corrected chi connectivity index (χ1v) is 2.15. The zero-order chi connectivity index (χ0) is 5.70. The largest absolute Gasteiger partial charge is 0.364 e. The van der Waals surface area contributed by atoms with Crippen LogP contribution in [-0.4, -0.2) is 16.8 Å². The predicted molar refractivity (Wildman–Crippen MR) is 23.4 cm³/mol. The number of aliphatic hydroxyl groups excluding tert-OH is 1. The molecule has 2 N–H and O–H groups in total. The molecule has 0 heterocycles. The van der Waals surface area contributed by atoms with E-state index in [1.165, 1.54) is 0 Å². The van der Waals surface area contributed by atoms with E-state index in [2.05, 4.69) is 4.74 Å². The Morgan fingerprint density at radius 3 is 2.29 bits per heavy atom. The van der Waals surface area contributed by atoms with Gasteiger partial charge in [-0.2, -0.15) is 0 Å². The van der Waals surface area contributed by atoms with E-state index < -0.39 is 6.48 Å². The lowest BCUT2D eigenvalue weighted by Gasteiger charge is -1.97. The normalized spacial score (nSPS) is 10.3. The van der Waals surface area contributed by atoms with Crippen molar-refractivity contribution in [3.8, 4) is 0 Å². The lowest BCUT2D eigenvalue weighted by molar-refractivity contribution is -0.122. The molecule has 1 radical (unpaired) electrons. The third-order valence-electron chi connectivity index (χ3n) is 0.435. The summed E-state index contributed by atoms with van der Waals surface area (Å²) in [5, 5.41) is 15.9. The number of hydrogen-bond donors (Lipinski definition) is 2. The molecule has 3 heteroatoms. The van der Waals surface area contributed by atoms with Gasteiger partial charge in [-0.05, 0) is 6.42 Å². The SMILES string of the molecule is CCCO[C](O)O. The summed E-state index contributed by atoms with van der Waals surface area (Å²) < 4.78 is 4.22. The zero-order valence-corrected chi connectivity index (χ0v) is 4.22. The van der Waals surface area contributed by atoms with Crippen LogP contribution < -0.4 is 0 Å². The van der Waals surface area contributed by atoms with Crippen LogP contribution in [0.1, 0.15) is 13.3 Å². The highest BCUT2D eigenvalue weighted by molar-refractivity contribution is 4.33. The van der Waals surface area contributed by atoms with Gasteiger partial charge in [0, 0.05) is 0 Å². The molecule has 0 aliphatic rings. The van der Waals surface area contributed by atoms with Crippen LogP contribution in [0.5, 0.6) is 0 Å². The Labute approximate surface area is 42.5 Å². The fourth-order valence-electron chi connectivity index (χ4n) is 0.193. The molecule has 0 aromatic carbocycles. The molecule has 0 fully saturated rings. The van der Waals surface area contributed by atoms with E-state index in [-0.39, 0.29) is 0 Å². The van der Waals surface area contributed by atoms with Gasteiger partial charge in [0.25, 0.3) is 0 Å². The lowest BCUT2D eigenvalue weighted by atomic mass is 10.5. The second-order valence-electron chi connectivity index (χ2n) is 1.13. The van der Waals surface area contributed by atoms with Gasteiger partial charge in [-0.25, -0.2) is 0 Å². The highest BCUT2D eigenvalue weighted by Crippen LogP contribution is 1.89. The van der Waals surface area contributed by atoms with Crippen molar-refractivity contribution < 1.29 is 14.9 Å². The van der Waals surface area contributed by atoms with Gasteiger partial charge in [-0.15, -0.1) is 0 Å². The fourth-order valence-corrected chi connectivity index (χ4v) is 0.193. The Kier molecular flexibility index (Phi) is 3.98. The Balaban J connectivity index is 2.68. The molecule has 0 aliphatic heterocycles. The molecule has 0 atom stereocenters. The van der Waals surface area contributed by atoms with Crippen LogP contribution >= 0.6 is 0 Å². The topological polar surface area (TPSA) is 49.7 Å². The quantitative estimate of drug-likeness (QED) is 0.552. The summed E-state index contributed by atoms with van der Waals surface area (Å²) in [6.07, 6.45) is 0.782. The first kappa shape index (κ1) is 6.88. The number of aliphatic hydroxyl groups is 2. The summed E-state index contributed by atoms with van der Waals surface area (Å²) >= 11 is 0. The van der Waals surface area contributed by atoms with Crippen LogP contribution in [0.4, 0.5) is 0 Å². The molecule has 43 valence electrons. The van der Waals surface area contributed by atoms with Gasteiger partial charge >= 0.3 is 6.48 Å². The Hall–Kier alpha value is -0.120. The highest BCUT2D eigenvalue weighted by atomic mass is 16.7. The minimum atomic E-state index is -0.943. The van der Waals surface area contributed by atoms with E-state index in [0.29, 0.717) is 6.61 Å².